The zero-order chi connectivity index (χ0) is 18.1. The number of benzene rings is 2. The lowest BCUT2D eigenvalue weighted by atomic mass is 10.2. The second kappa shape index (κ2) is 10.8. The predicted molar refractivity (Wildman–Crippen MR) is 103 cm³/mol. The Morgan fingerprint density at radius 1 is 1.24 bits per heavy atom. The topological polar surface area (TPSA) is 30.5 Å². The molecule has 0 aromatic heterocycles. The van der Waals surface area contributed by atoms with Gasteiger partial charge in [-0.2, -0.15) is 0 Å². The first-order valence-corrected chi connectivity index (χ1v) is 9.41. The second-order valence-corrected chi connectivity index (χ2v) is 6.79. The number of halogens is 3. The highest BCUT2D eigenvalue weighted by Gasteiger charge is 2.10. The maximum absolute atomic E-state index is 13.9. The standard InChI is InChI=1S/C19H22BrClFNO2/c1-2-24-10-4-9-23-12-14-11-15(20)7-8-19(14)25-13-16-17(21)5-3-6-18(16)22/h3,5-8,11,23H,2,4,9-10,12-13H2,1H3. The van der Waals surface area contributed by atoms with E-state index in [2.05, 4.69) is 21.2 Å². The molecule has 2 aromatic carbocycles. The van der Waals surface area contributed by atoms with Crippen LogP contribution < -0.4 is 10.1 Å². The maximum Gasteiger partial charge on any atom is 0.131 e. The van der Waals surface area contributed by atoms with Gasteiger partial charge in [0.1, 0.15) is 18.2 Å². The molecule has 0 atom stereocenters. The van der Waals surface area contributed by atoms with Gasteiger partial charge in [-0.05, 0) is 50.2 Å². The first kappa shape index (κ1) is 20.2. The monoisotopic (exact) mass is 429 g/mol. The molecule has 0 spiro atoms. The molecule has 0 saturated heterocycles. The largest absolute Gasteiger partial charge is 0.488 e. The fraction of sp³-hybridized carbons (Fsp3) is 0.368. The summed E-state index contributed by atoms with van der Waals surface area (Å²) in [6.45, 7) is 5.07. The van der Waals surface area contributed by atoms with Crippen molar-refractivity contribution in [3.05, 3.63) is 62.8 Å². The molecule has 0 bridgehead atoms. The third-order valence-electron chi connectivity index (χ3n) is 3.62. The summed E-state index contributed by atoms with van der Waals surface area (Å²) in [6, 6.07) is 10.4. The normalized spacial score (nSPS) is 10.9. The molecule has 1 N–H and O–H groups in total. The summed E-state index contributed by atoms with van der Waals surface area (Å²) in [4.78, 5) is 0. The van der Waals surface area contributed by atoms with Gasteiger partial charge in [0.25, 0.3) is 0 Å². The van der Waals surface area contributed by atoms with Crippen LogP contribution in [0.4, 0.5) is 4.39 Å². The summed E-state index contributed by atoms with van der Waals surface area (Å²) in [6.07, 6.45) is 0.947. The van der Waals surface area contributed by atoms with E-state index in [1.807, 2.05) is 25.1 Å². The molecule has 2 aromatic rings. The quantitative estimate of drug-likeness (QED) is 0.516. The molecule has 0 radical (unpaired) electrons. The van der Waals surface area contributed by atoms with Crippen LogP contribution in [-0.4, -0.2) is 19.8 Å². The average molecular weight is 431 g/mol. The van der Waals surface area contributed by atoms with E-state index < -0.39 is 0 Å². The molecule has 0 unspecified atom stereocenters. The zero-order valence-electron chi connectivity index (χ0n) is 14.2. The van der Waals surface area contributed by atoms with Crippen molar-refractivity contribution in [1.29, 1.82) is 0 Å². The summed E-state index contributed by atoms with van der Waals surface area (Å²) < 4.78 is 26.0. The van der Waals surface area contributed by atoms with E-state index in [1.165, 1.54) is 6.07 Å². The first-order chi connectivity index (χ1) is 12.1. The highest BCUT2D eigenvalue weighted by atomic mass is 79.9. The number of nitrogens with one attached hydrogen (secondary N) is 1. The Balaban J connectivity index is 1.96. The summed E-state index contributed by atoms with van der Waals surface area (Å²) in [5, 5.41) is 3.74. The van der Waals surface area contributed by atoms with Gasteiger partial charge in [-0.15, -0.1) is 0 Å². The van der Waals surface area contributed by atoms with Crippen LogP contribution in [0.15, 0.2) is 40.9 Å². The van der Waals surface area contributed by atoms with Crippen LogP contribution in [0.2, 0.25) is 5.02 Å². The van der Waals surface area contributed by atoms with Crippen molar-refractivity contribution in [3.8, 4) is 5.75 Å². The van der Waals surface area contributed by atoms with Crippen LogP contribution in [0, 0.1) is 5.82 Å². The third-order valence-corrected chi connectivity index (χ3v) is 4.47. The number of rotatable bonds is 10. The van der Waals surface area contributed by atoms with E-state index in [9.17, 15) is 4.39 Å². The van der Waals surface area contributed by atoms with Crippen molar-refractivity contribution in [2.24, 2.45) is 0 Å². The van der Waals surface area contributed by atoms with Gasteiger partial charge in [-0.3, -0.25) is 0 Å². The molecule has 0 heterocycles. The van der Waals surface area contributed by atoms with Crippen molar-refractivity contribution >= 4 is 27.5 Å². The molecular formula is C19H22BrClFNO2. The maximum atomic E-state index is 13.9. The average Bonchev–Trinajstić information content (AvgIpc) is 2.59. The van der Waals surface area contributed by atoms with Crippen LogP contribution in [0.5, 0.6) is 5.75 Å². The van der Waals surface area contributed by atoms with E-state index in [0.29, 0.717) is 22.9 Å². The lowest BCUT2D eigenvalue weighted by molar-refractivity contribution is 0.144. The highest BCUT2D eigenvalue weighted by molar-refractivity contribution is 9.10. The Bertz CT molecular complexity index is 664. The van der Waals surface area contributed by atoms with Crippen molar-refractivity contribution < 1.29 is 13.9 Å². The van der Waals surface area contributed by atoms with Crippen LogP contribution in [0.3, 0.4) is 0 Å². The van der Waals surface area contributed by atoms with Crippen molar-refractivity contribution in [3.63, 3.8) is 0 Å². The van der Waals surface area contributed by atoms with E-state index >= 15 is 0 Å². The third kappa shape index (κ3) is 6.59. The molecule has 0 aliphatic rings. The zero-order valence-corrected chi connectivity index (χ0v) is 16.5. The Kier molecular flexibility index (Phi) is 8.68. The summed E-state index contributed by atoms with van der Waals surface area (Å²) in [5.74, 6) is 0.347. The second-order valence-electron chi connectivity index (χ2n) is 5.47. The molecule has 6 heteroatoms. The van der Waals surface area contributed by atoms with Crippen molar-refractivity contribution in [2.75, 3.05) is 19.8 Å². The minimum Gasteiger partial charge on any atom is -0.488 e. The fourth-order valence-corrected chi connectivity index (χ4v) is 2.94. The van der Waals surface area contributed by atoms with Crippen molar-refractivity contribution in [1.82, 2.24) is 5.32 Å². The van der Waals surface area contributed by atoms with Gasteiger partial charge in [0.2, 0.25) is 0 Å². The number of hydrogen-bond donors (Lipinski definition) is 1. The van der Waals surface area contributed by atoms with E-state index in [-0.39, 0.29) is 12.4 Å². The molecule has 2 rings (SSSR count). The van der Waals surface area contributed by atoms with Gasteiger partial charge < -0.3 is 14.8 Å². The summed E-state index contributed by atoms with van der Waals surface area (Å²) in [7, 11) is 0. The van der Waals surface area contributed by atoms with E-state index in [4.69, 9.17) is 21.1 Å². The molecule has 3 nitrogen and oxygen atoms in total. The fourth-order valence-electron chi connectivity index (χ4n) is 2.31. The van der Waals surface area contributed by atoms with Gasteiger partial charge >= 0.3 is 0 Å². The molecule has 0 saturated carbocycles. The van der Waals surface area contributed by atoms with Gasteiger partial charge in [0, 0.05) is 35.4 Å². The SMILES string of the molecule is CCOCCCNCc1cc(Br)ccc1OCc1c(F)cccc1Cl. The minimum absolute atomic E-state index is 0.0878. The Morgan fingerprint density at radius 3 is 2.84 bits per heavy atom. The highest BCUT2D eigenvalue weighted by Crippen LogP contribution is 2.26. The smallest absolute Gasteiger partial charge is 0.131 e. The van der Waals surface area contributed by atoms with E-state index in [0.717, 1.165) is 36.2 Å². The molecule has 136 valence electrons. The van der Waals surface area contributed by atoms with Crippen LogP contribution in [0.25, 0.3) is 0 Å². The van der Waals surface area contributed by atoms with Crippen LogP contribution in [0.1, 0.15) is 24.5 Å². The molecule has 0 fully saturated rings. The summed E-state index contributed by atoms with van der Waals surface area (Å²) in [5.41, 5.74) is 1.36. The number of hydrogen-bond acceptors (Lipinski definition) is 3. The Hall–Kier alpha value is -1.14. The lowest BCUT2D eigenvalue weighted by Gasteiger charge is -2.14. The Morgan fingerprint density at radius 2 is 2.08 bits per heavy atom. The number of ether oxygens (including phenoxy) is 2. The first-order valence-electron chi connectivity index (χ1n) is 8.24. The van der Waals surface area contributed by atoms with Crippen LogP contribution >= 0.6 is 27.5 Å². The molecule has 0 aliphatic heterocycles. The van der Waals surface area contributed by atoms with Crippen molar-refractivity contribution in [2.45, 2.75) is 26.5 Å². The molecule has 0 aliphatic carbocycles. The molecule has 0 amide bonds. The van der Waals surface area contributed by atoms with Gasteiger partial charge in [-0.1, -0.05) is 33.6 Å². The Labute approximate surface area is 161 Å². The minimum atomic E-state index is -0.361. The van der Waals surface area contributed by atoms with Gasteiger partial charge in [0.05, 0.1) is 5.02 Å². The van der Waals surface area contributed by atoms with Crippen LogP contribution in [-0.2, 0) is 17.9 Å². The lowest BCUT2D eigenvalue weighted by Crippen LogP contribution is -2.17. The molecule has 25 heavy (non-hydrogen) atoms. The van der Waals surface area contributed by atoms with E-state index in [1.54, 1.807) is 12.1 Å². The predicted octanol–water partition coefficient (Wildman–Crippen LogP) is 5.34. The van der Waals surface area contributed by atoms with Gasteiger partial charge in [-0.25, -0.2) is 4.39 Å². The van der Waals surface area contributed by atoms with Gasteiger partial charge in [0.15, 0.2) is 0 Å². The molecular weight excluding hydrogens is 409 g/mol. The summed E-state index contributed by atoms with van der Waals surface area (Å²) >= 11 is 9.53.